The van der Waals surface area contributed by atoms with Crippen molar-refractivity contribution in [2.45, 2.75) is 95.9 Å². The van der Waals surface area contributed by atoms with Crippen LogP contribution in [-0.2, 0) is 42.9 Å². The fourth-order valence-electron chi connectivity index (χ4n) is 5.31. The van der Waals surface area contributed by atoms with Crippen LogP contribution >= 0.6 is 0 Å². The minimum atomic E-state index is -1.63. The predicted molar refractivity (Wildman–Crippen MR) is 189 cm³/mol. The van der Waals surface area contributed by atoms with Gasteiger partial charge in [0.25, 0.3) is 0 Å². The highest BCUT2D eigenvalue weighted by Gasteiger charge is 2.53. The number of unbranched alkanes of at least 4 members (excludes halogenated alkanes) is 2. The Morgan fingerprint density at radius 1 is 0.865 bits per heavy atom. The summed E-state index contributed by atoms with van der Waals surface area (Å²) in [5.41, 5.74) is 0.612. The van der Waals surface area contributed by atoms with Crippen molar-refractivity contribution in [1.82, 2.24) is 10.6 Å². The predicted octanol–water partition coefficient (Wildman–Crippen LogP) is 3.66. The first-order valence-electron chi connectivity index (χ1n) is 17.5. The lowest BCUT2D eigenvalue weighted by Gasteiger charge is -2.44. The van der Waals surface area contributed by atoms with Crippen LogP contribution in [0.4, 0.5) is 10.5 Å². The van der Waals surface area contributed by atoms with Crippen molar-refractivity contribution in [1.29, 1.82) is 5.26 Å². The molecule has 15 heteroatoms. The molecule has 15 nitrogen and oxygen atoms in total. The molecular formula is C37H52N4O11. The minimum absolute atomic E-state index is 0.0457. The van der Waals surface area contributed by atoms with Crippen LogP contribution in [0.1, 0.15) is 70.8 Å². The Morgan fingerprint density at radius 2 is 1.38 bits per heavy atom. The summed E-state index contributed by atoms with van der Waals surface area (Å²) in [6, 6.07) is 7.85. The molecule has 3 amide bonds. The van der Waals surface area contributed by atoms with Gasteiger partial charge in [-0.1, -0.05) is 38.8 Å². The quantitative estimate of drug-likeness (QED) is 0.0583. The molecule has 0 radical (unpaired) electrons. The Kier molecular flexibility index (Phi) is 19.7. The number of nitrogens with zero attached hydrogens (tertiary/aromatic N) is 1. The van der Waals surface area contributed by atoms with Gasteiger partial charge in [-0.05, 0) is 49.9 Å². The van der Waals surface area contributed by atoms with Gasteiger partial charge >= 0.3 is 18.0 Å². The lowest BCUT2D eigenvalue weighted by molar-refractivity contribution is -0.300. The first kappa shape index (κ1) is 43.4. The van der Waals surface area contributed by atoms with Gasteiger partial charge < -0.3 is 39.4 Å². The zero-order valence-electron chi connectivity index (χ0n) is 30.2. The van der Waals surface area contributed by atoms with Crippen LogP contribution in [0, 0.1) is 23.2 Å². The lowest BCUT2D eigenvalue weighted by atomic mass is 9.96. The first-order chi connectivity index (χ1) is 25.0. The molecule has 52 heavy (non-hydrogen) atoms. The summed E-state index contributed by atoms with van der Waals surface area (Å²) in [4.78, 5) is 66.0. The number of carbonyl (C=O) groups is 5. The summed E-state index contributed by atoms with van der Waals surface area (Å²) in [6.07, 6.45) is -2.85. The Labute approximate surface area is 305 Å². The second-order valence-corrected chi connectivity index (χ2v) is 12.2. The number of amides is 3. The second-order valence-electron chi connectivity index (χ2n) is 12.2. The Hall–Kier alpha value is -4.78. The molecule has 0 bridgehead atoms. The maximum Gasteiger partial charge on any atom is 0.412 e. The number of ether oxygens (including phenoxy) is 5. The Balaban J connectivity index is 2.48. The minimum Gasteiger partial charge on any atom is -0.454 e. The monoisotopic (exact) mass is 728 g/mol. The van der Waals surface area contributed by atoms with E-state index in [1.165, 1.54) is 43.5 Å². The third kappa shape index (κ3) is 14.1. The highest BCUT2D eigenvalue weighted by atomic mass is 16.7. The molecule has 0 aliphatic carbocycles. The van der Waals surface area contributed by atoms with E-state index in [1.54, 1.807) is 0 Å². The number of carbonyl (C=O) groups excluding carboxylic acids is 5. The highest BCUT2D eigenvalue weighted by Crippen LogP contribution is 2.31. The molecule has 1 aliphatic rings. The van der Waals surface area contributed by atoms with E-state index in [1.807, 2.05) is 19.9 Å². The van der Waals surface area contributed by atoms with E-state index in [-0.39, 0.29) is 37.3 Å². The van der Waals surface area contributed by atoms with Crippen LogP contribution in [-0.4, -0.2) is 92.5 Å². The van der Waals surface area contributed by atoms with Crippen LogP contribution in [0.3, 0.4) is 0 Å². The van der Waals surface area contributed by atoms with Gasteiger partial charge in [0, 0.05) is 38.7 Å². The smallest absolute Gasteiger partial charge is 0.412 e. The van der Waals surface area contributed by atoms with Crippen molar-refractivity contribution in [3.05, 3.63) is 55.1 Å². The summed E-state index contributed by atoms with van der Waals surface area (Å²) in [5, 5.41) is 27.4. The number of nitrogens with one attached hydrogen (secondary N) is 3. The van der Waals surface area contributed by atoms with Crippen LogP contribution in [0.5, 0.6) is 0 Å². The molecule has 0 saturated carbocycles. The average Bonchev–Trinajstić information content (AvgIpc) is 3.13. The van der Waals surface area contributed by atoms with Crippen LogP contribution in [0.25, 0.3) is 0 Å². The molecule has 7 atom stereocenters. The summed E-state index contributed by atoms with van der Waals surface area (Å²) >= 11 is 0. The number of methoxy groups -OCH3 is 1. The molecule has 286 valence electrons. The molecule has 4 N–H and O–H groups in total. The van der Waals surface area contributed by atoms with E-state index in [0.717, 1.165) is 25.7 Å². The number of aliphatic hydroxyl groups excluding tert-OH is 1. The van der Waals surface area contributed by atoms with Crippen molar-refractivity contribution in [3.63, 3.8) is 0 Å². The second kappa shape index (κ2) is 23.6. The van der Waals surface area contributed by atoms with Crippen LogP contribution in [0.2, 0.25) is 0 Å². The van der Waals surface area contributed by atoms with Gasteiger partial charge in [-0.15, -0.1) is 13.2 Å². The Bertz CT molecular complexity index is 1380. The normalized spacial score (nSPS) is 20.6. The van der Waals surface area contributed by atoms with Crippen molar-refractivity contribution in [2.24, 2.45) is 11.8 Å². The van der Waals surface area contributed by atoms with Gasteiger partial charge in [0.2, 0.25) is 11.8 Å². The molecule has 2 rings (SSSR count). The first-order valence-corrected chi connectivity index (χ1v) is 17.5. The fourth-order valence-corrected chi connectivity index (χ4v) is 5.31. The molecule has 0 spiro atoms. The number of benzene rings is 1. The largest absolute Gasteiger partial charge is 0.454 e. The van der Waals surface area contributed by atoms with E-state index in [4.69, 9.17) is 28.9 Å². The molecule has 1 heterocycles. The van der Waals surface area contributed by atoms with Crippen LogP contribution in [0.15, 0.2) is 49.6 Å². The fraction of sp³-hybridized carbons (Fsp3) is 0.568. The summed E-state index contributed by atoms with van der Waals surface area (Å²) in [7, 11) is 1.24. The number of nitriles is 1. The van der Waals surface area contributed by atoms with Crippen molar-refractivity contribution in [2.75, 3.05) is 32.1 Å². The van der Waals surface area contributed by atoms with Gasteiger partial charge in [-0.3, -0.25) is 24.5 Å². The molecular weight excluding hydrogens is 676 g/mol. The van der Waals surface area contributed by atoms with E-state index in [0.29, 0.717) is 18.7 Å². The molecule has 0 unspecified atom stereocenters. The highest BCUT2D eigenvalue weighted by molar-refractivity contribution is 5.85. The van der Waals surface area contributed by atoms with Gasteiger partial charge in [0.05, 0.1) is 30.1 Å². The molecule has 1 aliphatic heterocycles. The van der Waals surface area contributed by atoms with Gasteiger partial charge in [-0.25, -0.2) is 4.79 Å². The van der Waals surface area contributed by atoms with Gasteiger partial charge in [-0.2, -0.15) is 5.26 Å². The van der Waals surface area contributed by atoms with Crippen molar-refractivity contribution >= 4 is 35.5 Å². The van der Waals surface area contributed by atoms with Crippen molar-refractivity contribution in [3.8, 4) is 6.07 Å². The van der Waals surface area contributed by atoms with E-state index in [2.05, 4.69) is 29.1 Å². The third-order valence-corrected chi connectivity index (χ3v) is 8.15. The zero-order chi connectivity index (χ0) is 38.5. The number of hydrogen-bond donors (Lipinski definition) is 4. The standard InChI is InChI=1S/C37H52N4O11/c1-6-10-18-39-29(43)20-25(12-8-3)34(45)50-32-31(52-37(47)41-27-16-14-24(22-38)15-17-27)28(23-42)49-36(48-5)33(32)51-35(46)26(13-9-4)21-30(44)40-19-11-7-2/h8-9,14-17,25-26,28,31-33,36,42H,3-4,6-7,10-13,18-21,23H2,1-2,5H3,(H,39,43)(H,40,44)(H,41,47)/t25-,26+,28-,31-,32+,33-,36+/m1/s1. The molecule has 0 aromatic heterocycles. The number of allylic oxidation sites excluding steroid dienone is 2. The van der Waals surface area contributed by atoms with E-state index < -0.39 is 73.1 Å². The maximum atomic E-state index is 13.8. The Morgan fingerprint density at radius 3 is 1.83 bits per heavy atom. The molecule has 1 aromatic rings. The lowest BCUT2D eigenvalue weighted by Crippen LogP contribution is -2.63. The SMILES string of the molecule is C=CC[C@H](CC(=O)NCCCC)C(=O)O[C@@H]1[C@@H](OC(=O)[C@@H](CC=C)CC(=O)NCCCC)[C@@H](OC)O[C@H](CO)[C@H]1OC(=O)Nc1ccc(C#N)cc1. The third-order valence-electron chi connectivity index (χ3n) is 8.15. The summed E-state index contributed by atoms with van der Waals surface area (Å²) < 4.78 is 28.8. The molecule has 1 aromatic carbocycles. The average molecular weight is 729 g/mol. The van der Waals surface area contributed by atoms with Crippen LogP contribution < -0.4 is 16.0 Å². The topological polar surface area (TPSA) is 212 Å². The number of hydrogen-bond acceptors (Lipinski definition) is 12. The van der Waals surface area contributed by atoms with Gasteiger partial charge in [0.1, 0.15) is 6.10 Å². The number of esters is 2. The van der Waals surface area contributed by atoms with E-state index in [9.17, 15) is 29.1 Å². The van der Waals surface area contributed by atoms with Gasteiger partial charge in [0.15, 0.2) is 24.6 Å². The number of anilines is 1. The van der Waals surface area contributed by atoms with Crippen molar-refractivity contribution < 1.29 is 52.8 Å². The zero-order valence-corrected chi connectivity index (χ0v) is 30.2. The summed E-state index contributed by atoms with van der Waals surface area (Å²) in [5.74, 6) is -4.57. The van der Waals surface area contributed by atoms with E-state index >= 15 is 0 Å². The number of aliphatic hydroxyl groups is 1. The molecule has 1 saturated heterocycles. The molecule has 1 fully saturated rings. The number of rotatable bonds is 22. The summed E-state index contributed by atoms with van der Waals surface area (Å²) in [6.45, 7) is 11.4. The maximum absolute atomic E-state index is 13.8.